The van der Waals surface area contributed by atoms with Crippen LogP contribution in [0.2, 0.25) is 10.0 Å². The van der Waals surface area contributed by atoms with Crippen molar-refractivity contribution in [3.8, 4) is 0 Å². The minimum absolute atomic E-state index is 0.462. The minimum Gasteiger partial charge on any atom is -0.338 e. The SMILES string of the molecule is Cc1cc(Nc2cccc3cccnc23)nc(Nc2ccc(Cl)c(Cl)c2)n1. The second-order valence-electron chi connectivity index (χ2n) is 5.98. The molecule has 0 atom stereocenters. The molecule has 0 amide bonds. The van der Waals surface area contributed by atoms with E-state index in [0.29, 0.717) is 21.8 Å². The Labute approximate surface area is 166 Å². The van der Waals surface area contributed by atoms with E-state index in [9.17, 15) is 0 Å². The quantitative estimate of drug-likeness (QED) is 0.435. The zero-order valence-electron chi connectivity index (χ0n) is 14.4. The molecule has 2 N–H and O–H groups in total. The van der Waals surface area contributed by atoms with Crippen molar-refractivity contribution in [3.05, 3.63) is 76.5 Å². The molecule has 7 heteroatoms. The van der Waals surface area contributed by atoms with Gasteiger partial charge in [-0.1, -0.05) is 41.4 Å². The van der Waals surface area contributed by atoms with Crippen LogP contribution in [0.25, 0.3) is 10.9 Å². The summed E-state index contributed by atoms with van der Waals surface area (Å²) in [4.78, 5) is 13.4. The smallest absolute Gasteiger partial charge is 0.229 e. The fraction of sp³-hybridized carbons (Fsp3) is 0.0500. The van der Waals surface area contributed by atoms with Gasteiger partial charge in [-0.2, -0.15) is 4.98 Å². The van der Waals surface area contributed by atoms with E-state index in [-0.39, 0.29) is 0 Å². The standard InChI is InChI=1S/C20H15Cl2N5/c1-12-10-18(26-17-6-2-4-13-5-3-9-23-19(13)17)27-20(24-12)25-14-7-8-15(21)16(22)11-14/h2-11H,1H3,(H2,24,25,26,27). The van der Waals surface area contributed by atoms with Gasteiger partial charge in [0.15, 0.2) is 0 Å². The molecule has 0 unspecified atom stereocenters. The number of rotatable bonds is 4. The number of pyridine rings is 1. The average Bonchev–Trinajstić information content (AvgIpc) is 2.65. The third-order valence-electron chi connectivity index (χ3n) is 3.93. The van der Waals surface area contributed by atoms with E-state index in [4.69, 9.17) is 23.2 Å². The largest absolute Gasteiger partial charge is 0.338 e. The maximum Gasteiger partial charge on any atom is 0.229 e. The highest BCUT2D eigenvalue weighted by Crippen LogP contribution is 2.27. The molecule has 0 fully saturated rings. The van der Waals surface area contributed by atoms with Gasteiger partial charge < -0.3 is 10.6 Å². The van der Waals surface area contributed by atoms with Crippen molar-refractivity contribution < 1.29 is 0 Å². The fourth-order valence-corrected chi connectivity index (χ4v) is 3.03. The molecule has 4 rings (SSSR count). The molecule has 134 valence electrons. The van der Waals surface area contributed by atoms with E-state index in [2.05, 4.69) is 25.6 Å². The van der Waals surface area contributed by atoms with Crippen molar-refractivity contribution in [1.82, 2.24) is 15.0 Å². The molecule has 0 spiro atoms. The highest BCUT2D eigenvalue weighted by molar-refractivity contribution is 6.42. The number of benzene rings is 2. The molecule has 0 saturated heterocycles. The molecule has 4 aromatic rings. The topological polar surface area (TPSA) is 62.7 Å². The Morgan fingerprint density at radius 3 is 2.56 bits per heavy atom. The Morgan fingerprint density at radius 2 is 1.70 bits per heavy atom. The summed E-state index contributed by atoms with van der Waals surface area (Å²) in [5, 5.41) is 8.51. The molecular formula is C20H15Cl2N5. The monoisotopic (exact) mass is 395 g/mol. The third-order valence-corrected chi connectivity index (χ3v) is 4.66. The van der Waals surface area contributed by atoms with Gasteiger partial charge >= 0.3 is 0 Å². The van der Waals surface area contributed by atoms with E-state index < -0.39 is 0 Å². The second kappa shape index (κ2) is 7.39. The number of para-hydroxylation sites is 1. The van der Waals surface area contributed by atoms with E-state index in [1.54, 1.807) is 18.3 Å². The Hall–Kier alpha value is -2.89. The van der Waals surface area contributed by atoms with E-state index in [1.807, 2.05) is 49.4 Å². The van der Waals surface area contributed by atoms with Crippen LogP contribution >= 0.6 is 23.2 Å². The van der Waals surface area contributed by atoms with Crippen molar-refractivity contribution in [2.45, 2.75) is 6.92 Å². The number of anilines is 4. The van der Waals surface area contributed by atoms with Gasteiger partial charge in [0.25, 0.3) is 0 Å². The number of halogens is 2. The Bertz CT molecular complexity index is 1130. The van der Waals surface area contributed by atoms with E-state index in [1.165, 1.54) is 0 Å². The molecule has 2 heterocycles. The van der Waals surface area contributed by atoms with Crippen molar-refractivity contribution in [2.24, 2.45) is 0 Å². The molecule has 2 aromatic carbocycles. The van der Waals surface area contributed by atoms with Crippen LogP contribution < -0.4 is 10.6 Å². The first-order valence-electron chi connectivity index (χ1n) is 8.27. The highest BCUT2D eigenvalue weighted by atomic mass is 35.5. The number of aromatic nitrogens is 3. The molecule has 0 aliphatic rings. The lowest BCUT2D eigenvalue weighted by Crippen LogP contribution is -2.03. The van der Waals surface area contributed by atoms with Crippen molar-refractivity contribution in [2.75, 3.05) is 10.6 Å². The zero-order chi connectivity index (χ0) is 18.8. The van der Waals surface area contributed by atoms with Crippen LogP contribution in [0.1, 0.15) is 5.69 Å². The number of fused-ring (bicyclic) bond motifs is 1. The number of aryl methyl sites for hydroxylation is 1. The normalized spacial score (nSPS) is 10.8. The summed E-state index contributed by atoms with van der Waals surface area (Å²) in [6, 6.07) is 17.1. The fourth-order valence-electron chi connectivity index (χ4n) is 2.73. The summed E-state index contributed by atoms with van der Waals surface area (Å²) in [5.74, 6) is 1.13. The molecule has 0 bridgehead atoms. The molecule has 5 nitrogen and oxygen atoms in total. The third kappa shape index (κ3) is 3.94. The maximum absolute atomic E-state index is 6.07. The molecular weight excluding hydrogens is 381 g/mol. The minimum atomic E-state index is 0.462. The summed E-state index contributed by atoms with van der Waals surface area (Å²) < 4.78 is 0. The van der Waals surface area contributed by atoms with Gasteiger partial charge in [0.2, 0.25) is 5.95 Å². The number of hydrogen-bond acceptors (Lipinski definition) is 5. The van der Waals surface area contributed by atoms with E-state index in [0.717, 1.165) is 28.0 Å². The zero-order valence-corrected chi connectivity index (χ0v) is 15.9. The molecule has 0 aliphatic heterocycles. The van der Waals surface area contributed by atoms with Crippen molar-refractivity contribution in [1.29, 1.82) is 0 Å². The Morgan fingerprint density at radius 1 is 0.852 bits per heavy atom. The van der Waals surface area contributed by atoms with Crippen LogP contribution in [0.5, 0.6) is 0 Å². The van der Waals surface area contributed by atoms with Crippen LogP contribution in [0.4, 0.5) is 23.1 Å². The Kier molecular flexibility index (Phi) is 4.79. The lowest BCUT2D eigenvalue weighted by Gasteiger charge is -2.11. The highest BCUT2D eigenvalue weighted by Gasteiger charge is 2.07. The molecule has 0 saturated carbocycles. The summed E-state index contributed by atoms with van der Waals surface area (Å²) in [6.45, 7) is 1.91. The van der Waals surface area contributed by atoms with Crippen LogP contribution in [-0.2, 0) is 0 Å². The van der Waals surface area contributed by atoms with Gasteiger partial charge in [-0.15, -0.1) is 0 Å². The average molecular weight is 396 g/mol. The first kappa shape index (κ1) is 17.5. The lowest BCUT2D eigenvalue weighted by atomic mass is 10.2. The van der Waals surface area contributed by atoms with Gasteiger partial charge in [0.1, 0.15) is 5.82 Å². The molecule has 2 aromatic heterocycles. The summed E-state index contributed by atoms with van der Waals surface area (Å²) in [7, 11) is 0. The van der Waals surface area contributed by atoms with Gasteiger partial charge in [0.05, 0.1) is 21.2 Å². The number of hydrogen-bond donors (Lipinski definition) is 2. The molecule has 0 radical (unpaired) electrons. The van der Waals surface area contributed by atoms with Gasteiger partial charge in [0, 0.05) is 29.0 Å². The van der Waals surface area contributed by atoms with Crippen LogP contribution in [0.3, 0.4) is 0 Å². The molecule has 0 aliphatic carbocycles. The number of nitrogens with one attached hydrogen (secondary N) is 2. The summed E-state index contributed by atoms with van der Waals surface area (Å²) in [5.41, 5.74) is 3.35. The van der Waals surface area contributed by atoms with Gasteiger partial charge in [-0.05, 0) is 37.3 Å². The Balaban J connectivity index is 1.65. The van der Waals surface area contributed by atoms with E-state index >= 15 is 0 Å². The van der Waals surface area contributed by atoms with Crippen LogP contribution in [-0.4, -0.2) is 15.0 Å². The van der Waals surface area contributed by atoms with Gasteiger partial charge in [-0.25, -0.2) is 4.98 Å². The predicted octanol–water partition coefficient (Wildman–Crippen LogP) is 6.13. The maximum atomic E-state index is 6.07. The van der Waals surface area contributed by atoms with Crippen molar-refractivity contribution in [3.63, 3.8) is 0 Å². The van der Waals surface area contributed by atoms with Gasteiger partial charge in [-0.3, -0.25) is 4.98 Å². The van der Waals surface area contributed by atoms with Crippen molar-refractivity contribution >= 4 is 57.2 Å². The first-order chi connectivity index (χ1) is 13.1. The van der Waals surface area contributed by atoms with Crippen LogP contribution in [0, 0.1) is 6.92 Å². The summed E-state index contributed by atoms with van der Waals surface area (Å²) in [6.07, 6.45) is 1.77. The molecule has 27 heavy (non-hydrogen) atoms. The van der Waals surface area contributed by atoms with Crippen LogP contribution in [0.15, 0.2) is 60.8 Å². The first-order valence-corrected chi connectivity index (χ1v) is 9.02. The lowest BCUT2D eigenvalue weighted by molar-refractivity contribution is 1.11. The second-order valence-corrected chi connectivity index (χ2v) is 6.79. The predicted molar refractivity (Wildman–Crippen MR) is 112 cm³/mol. The summed E-state index contributed by atoms with van der Waals surface area (Å²) >= 11 is 12.0. The number of nitrogens with zero attached hydrogens (tertiary/aromatic N) is 3.